The van der Waals surface area contributed by atoms with Crippen LogP contribution in [0.1, 0.15) is 46.5 Å². The van der Waals surface area contributed by atoms with Crippen LogP contribution in [0.3, 0.4) is 0 Å². The maximum Gasteiger partial charge on any atom is 0.217 e. The molecule has 0 bridgehead atoms. The normalized spacial score (nSPS) is 14.0. The van der Waals surface area contributed by atoms with Crippen LogP contribution in [-0.4, -0.2) is 11.7 Å². The van der Waals surface area contributed by atoms with Crippen molar-refractivity contribution < 1.29 is 14.5 Å². The summed E-state index contributed by atoms with van der Waals surface area (Å²) in [6.07, 6.45) is -0.417. The van der Waals surface area contributed by atoms with Gasteiger partial charge in [-0.2, -0.15) is 4.89 Å². The van der Waals surface area contributed by atoms with E-state index < -0.39 is 6.29 Å². The Bertz CT molecular complexity index is 314. The molecule has 0 aromatic heterocycles. The van der Waals surface area contributed by atoms with Crippen LogP contribution in [0.15, 0.2) is 30.3 Å². The highest BCUT2D eigenvalue weighted by atomic mass is 17.2. The van der Waals surface area contributed by atoms with E-state index in [4.69, 9.17) is 14.5 Å². The molecule has 0 spiro atoms. The van der Waals surface area contributed by atoms with E-state index in [0.717, 1.165) is 5.56 Å². The van der Waals surface area contributed by atoms with Crippen molar-refractivity contribution in [2.24, 2.45) is 0 Å². The van der Waals surface area contributed by atoms with Gasteiger partial charge in [-0.25, -0.2) is 4.89 Å². The predicted octanol–water partition coefficient (Wildman–Crippen LogP) is 3.86. The number of rotatable bonds is 5. The fourth-order valence-corrected chi connectivity index (χ4v) is 1.20. The summed E-state index contributed by atoms with van der Waals surface area (Å²) < 4.78 is 5.68. The number of benzene rings is 1. The molecule has 0 saturated carbocycles. The highest BCUT2D eigenvalue weighted by Gasteiger charge is 2.19. The zero-order valence-electron chi connectivity index (χ0n) is 11.3. The Morgan fingerprint density at radius 1 is 1.00 bits per heavy atom. The predicted molar refractivity (Wildman–Crippen MR) is 67.3 cm³/mol. The van der Waals surface area contributed by atoms with Crippen LogP contribution in [0.25, 0.3) is 0 Å². The van der Waals surface area contributed by atoms with Crippen LogP contribution in [0.5, 0.6) is 0 Å². The largest absolute Gasteiger partial charge is 0.343 e. The Balaban J connectivity index is 2.68. The van der Waals surface area contributed by atoms with Crippen LogP contribution >= 0.6 is 0 Å². The maximum atomic E-state index is 5.68. The second-order valence-electron chi connectivity index (χ2n) is 5.22. The molecule has 0 aliphatic carbocycles. The quantitative estimate of drug-likeness (QED) is 0.443. The Morgan fingerprint density at radius 2 is 1.59 bits per heavy atom. The molecule has 0 N–H and O–H groups in total. The molecule has 0 aliphatic heterocycles. The van der Waals surface area contributed by atoms with Crippen LogP contribution in [0.4, 0.5) is 0 Å². The minimum atomic E-state index is -0.490. The third kappa shape index (κ3) is 5.82. The van der Waals surface area contributed by atoms with Gasteiger partial charge in [0.25, 0.3) is 0 Å². The second kappa shape index (κ2) is 6.15. The molecule has 0 aliphatic rings. The van der Waals surface area contributed by atoms with Crippen molar-refractivity contribution in [2.45, 2.75) is 52.6 Å². The topological polar surface area (TPSA) is 27.7 Å². The van der Waals surface area contributed by atoms with Gasteiger partial charge in [-0.3, -0.25) is 0 Å². The number of hydrogen-bond donors (Lipinski definition) is 0. The Labute approximate surface area is 104 Å². The maximum absolute atomic E-state index is 5.68. The lowest BCUT2D eigenvalue weighted by Gasteiger charge is -2.24. The minimum absolute atomic E-state index is 0.0729. The van der Waals surface area contributed by atoms with Gasteiger partial charge in [0.1, 0.15) is 0 Å². The van der Waals surface area contributed by atoms with Crippen molar-refractivity contribution in [3.63, 3.8) is 0 Å². The first-order chi connectivity index (χ1) is 7.88. The van der Waals surface area contributed by atoms with Crippen molar-refractivity contribution in [1.29, 1.82) is 0 Å². The van der Waals surface area contributed by atoms with Crippen molar-refractivity contribution in [1.82, 2.24) is 0 Å². The highest BCUT2D eigenvalue weighted by Crippen LogP contribution is 2.23. The zero-order chi connectivity index (χ0) is 12.9. The van der Waals surface area contributed by atoms with Gasteiger partial charge < -0.3 is 4.74 Å². The van der Waals surface area contributed by atoms with Crippen LogP contribution in [0, 0.1) is 0 Å². The van der Waals surface area contributed by atoms with E-state index in [1.54, 1.807) is 0 Å². The molecule has 0 radical (unpaired) electrons. The van der Waals surface area contributed by atoms with Crippen molar-refractivity contribution >= 4 is 0 Å². The number of hydrogen-bond acceptors (Lipinski definition) is 3. The smallest absolute Gasteiger partial charge is 0.217 e. The SMILES string of the molecule is CC(C)OC(OOC(C)(C)C)c1ccccc1. The summed E-state index contributed by atoms with van der Waals surface area (Å²) in [6, 6.07) is 9.78. The van der Waals surface area contributed by atoms with Gasteiger partial charge in [0.05, 0.1) is 11.7 Å². The third-order valence-corrected chi connectivity index (χ3v) is 1.85. The van der Waals surface area contributed by atoms with Crippen molar-refractivity contribution in [2.75, 3.05) is 0 Å². The van der Waals surface area contributed by atoms with E-state index in [2.05, 4.69) is 0 Å². The van der Waals surface area contributed by atoms with Gasteiger partial charge in [-0.1, -0.05) is 30.3 Å². The Morgan fingerprint density at radius 3 is 2.06 bits per heavy atom. The second-order valence-corrected chi connectivity index (χ2v) is 5.22. The summed E-state index contributed by atoms with van der Waals surface area (Å²) in [7, 11) is 0. The first-order valence-corrected chi connectivity index (χ1v) is 5.93. The van der Waals surface area contributed by atoms with E-state index in [-0.39, 0.29) is 11.7 Å². The fourth-order valence-electron chi connectivity index (χ4n) is 1.20. The van der Waals surface area contributed by atoms with E-state index in [1.807, 2.05) is 65.0 Å². The average Bonchev–Trinajstić information content (AvgIpc) is 2.24. The molecular formula is C14H22O3. The molecule has 1 aromatic rings. The molecule has 0 fully saturated rings. The standard InChI is InChI=1S/C14H22O3/c1-11(2)15-13(16-17-14(3,4)5)12-9-7-6-8-10-12/h6-11,13H,1-5H3. The molecule has 3 nitrogen and oxygen atoms in total. The van der Waals surface area contributed by atoms with Gasteiger partial charge in [0, 0.05) is 5.56 Å². The lowest BCUT2D eigenvalue weighted by atomic mass is 10.2. The van der Waals surface area contributed by atoms with Gasteiger partial charge in [0.2, 0.25) is 6.29 Å². The van der Waals surface area contributed by atoms with Gasteiger partial charge in [0.15, 0.2) is 0 Å². The van der Waals surface area contributed by atoms with E-state index >= 15 is 0 Å². The van der Waals surface area contributed by atoms with Crippen molar-refractivity contribution in [3.8, 4) is 0 Å². The lowest BCUT2D eigenvalue weighted by Crippen LogP contribution is -2.23. The van der Waals surface area contributed by atoms with E-state index in [1.165, 1.54) is 0 Å². The number of ether oxygens (including phenoxy) is 1. The molecule has 0 amide bonds. The van der Waals surface area contributed by atoms with Crippen LogP contribution < -0.4 is 0 Å². The van der Waals surface area contributed by atoms with Gasteiger partial charge in [-0.05, 0) is 34.6 Å². The van der Waals surface area contributed by atoms with Crippen LogP contribution in [0.2, 0.25) is 0 Å². The van der Waals surface area contributed by atoms with Gasteiger partial charge >= 0.3 is 0 Å². The molecule has 96 valence electrons. The highest BCUT2D eigenvalue weighted by molar-refractivity contribution is 5.15. The van der Waals surface area contributed by atoms with Gasteiger partial charge in [-0.15, -0.1) is 0 Å². The average molecular weight is 238 g/mol. The third-order valence-electron chi connectivity index (χ3n) is 1.85. The summed E-state index contributed by atoms with van der Waals surface area (Å²) in [5.41, 5.74) is 0.596. The summed E-state index contributed by atoms with van der Waals surface area (Å²) in [5, 5.41) is 0. The molecule has 1 atom stereocenters. The first kappa shape index (κ1) is 14.2. The molecular weight excluding hydrogens is 216 g/mol. The first-order valence-electron chi connectivity index (χ1n) is 5.93. The summed E-state index contributed by atoms with van der Waals surface area (Å²) >= 11 is 0. The van der Waals surface area contributed by atoms with Crippen molar-refractivity contribution in [3.05, 3.63) is 35.9 Å². The molecule has 1 rings (SSSR count). The monoisotopic (exact) mass is 238 g/mol. The Hall–Kier alpha value is -0.900. The minimum Gasteiger partial charge on any atom is -0.343 e. The van der Waals surface area contributed by atoms with E-state index in [9.17, 15) is 0 Å². The molecule has 17 heavy (non-hydrogen) atoms. The molecule has 3 heteroatoms. The molecule has 0 saturated heterocycles. The molecule has 1 aromatic carbocycles. The lowest BCUT2D eigenvalue weighted by molar-refractivity contribution is -0.424. The molecule has 0 heterocycles. The van der Waals surface area contributed by atoms with E-state index in [0.29, 0.717) is 0 Å². The summed E-state index contributed by atoms with van der Waals surface area (Å²) in [5.74, 6) is 0. The zero-order valence-corrected chi connectivity index (χ0v) is 11.3. The summed E-state index contributed by atoms with van der Waals surface area (Å²) in [6.45, 7) is 9.74. The Kier molecular flexibility index (Phi) is 5.12. The fraction of sp³-hybridized carbons (Fsp3) is 0.571. The molecule has 1 unspecified atom stereocenters. The van der Waals surface area contributed by atoms with Crippen LogP contribution in [-0.2, 0) is 14.5 Å². The summed E-state index contributed by atoms with van der Waals surface area (Å²) in [4.78, 5) is 10.7.